The minimum atomic E-state index is -0.397. The van der Waals surface area contributed by atoms with Gasteiger partial charge in [-0.1, -0.05) is 64.6 Å². The van der Waals surface area contributed by atoms with Crippen LogP contribution in [-0.2, 0) is 9.59 Å². The normalized spacial score (nSPS) is 22.5. The molecule has 1 heterocycles. The lowest BCUT2D eigenvalue weighted by Gasteiger charge is -2.30. The number of amides is 1. The van der Waals surface area contributed by atoms with Crippen molar-refractivity contribution in [2.75, 3.05) is 0 Å². The number of aliphatic hydroxyl groups excluding tert-OH is 1. The molecular formula is C30H48N4O3. The molecule has 0 radical (unpaired) electrons. The van der Waals surface area contributed by atoms with Gasteiger partial charge in [-0.25, -0.2) is 4.68 Å². The molecule has 37 heavy (non-hydrogen) atoms. The zero-order valence-corrected chi connectivity index (χ0v) is 24.0. The van der Waals surface area contributed by atoms with Crippen molar-refractivity contribution < 1.29 is 14.7 Å². The predicted molar refractivity (Wildman–Crippen MR) is 149 cm³/mol. The molecule has 2 saturated carbocycles. The summed E-state index contributed by atoms with van der Waals surface area (Å²) in [6.45, 7) is 17.4. The highest BCUT2D eigenvalue weighted by atomic mass is 16.3. The number of rotatable bonds is 9. The van der Waals surface area contributed by atoms with Crippen LogP contribution in [-0.4, -0.2) is 43.9 Å². The minimum Gasteiger partial charge on any atom is -0.393 e. The Balaban J connectivity index is 0.000000269. The van der Waals surface area contributed by atoms with Gasteiger partial charge in [0, 0.05) is 18.0 Å². The lowest BCUT2D eigenvalue weighted by Crippen LogP contribution is -2.41. The fourth-order valence-corrected chi connectivity index (χ4v) is 5.00. The second-order valence-electron chi connectivity index (χ2n) is 11.6. The van der Waals surface area contributed by atoms with E-state index in [4.69, 9.17) is 0 Å². The van der Waals surface area contributed by atoms with Crippen molar-refractivity contribution in [2.45, 2.75) is 118 Å². The van der Waals surface area contributed by atoms with E-state index in [0.717, 1.165) is 25.0 Å². The average molecular weight is 513 g/mol. The van der Waals surface area contributed by atoms with E-state index >= 15 is 0 Å². The first kappa shape index (κ1) is 30.7. The van der Waals surface area contributed by atoms with Crippen LogP contribution in [0.3, 0.4) is 0 Å². The number of hydrogen-bond donors (Lipinski definition) is 2. The second-order valence-corrected chi connectivity index (χ2v) is 11.6. The average Bonchev–Trinajstić information content (AvgIpc) is 3.57. The number of Topliss-reactive ketones (excluding diaryl/α,β-unsaturated/α-hetero) is 1. The van der Waals surface area contributed by atoms with Crippen molar-refractivity contribution in [3.63, 3.8) is 0 Å². The van der Waals surface area contributed by atoms with Gasteiger partial charge in [0.05, 0.1) is 17.8 Å². The fraction of sp³-hybridized carbons (Fsp3) is 0.667. The summed E-state index contributed by atoms with van der Waals surface area (Å²) in [4.78, 5) is 24.0. The zero-order chi connectivity index (χ0) is 27.8. The molecule has 0 aromatic carbocycles. The van der Waals surface area contributed by atoms with Crippen molar-refractivity contribution >= 4 is 11.7 Å². The number of carbonyl (C=O) groups excluding carboxylic acids is 2. The Hall–Kier alpha value is -2.54. The highest BCUT2D eigenvalue weighted by molar-refractivity contribution is 5.80. The number of hydrogen-bond acceptors (Lipinski definition) is 5. The highest BCUT2D eigenvalue weighted by Crippen LogP contribution is 2.39. The molecule has 2 N–H and O–H groups in total. The van der Waals surface area contributed by atoms with Gasteiger partial charge in [-0.3, -0.25) is 9.59 Å². The molecule has 2 aliphatic carbocycles. The van der Waals surface area contributed by atoms with Crippen LogP contribution >= 0.6 is 0 Å². The molecule has 0 aliphatic heterocycles. The SMILES string of the molecule is C=C/C=C1\C(=C/C)CCCC1NC(=O)C(C)CC(O)CC.CC(=O)C(n1cc(C2CC2)nn1)C(C)(C)C. The van der Waals surface area contributed by atoms with Gasteiger partial charge in [0.25, 0.3) is 0 Å². The number of nitrogens with one attached hydrogen (secondary N) is 1. The molecule has 2 aliphatic rings. The summed E-state index contributed by atoms with van der Waals surface area (Å²) in [5, 5.41) is 21.1. The summed E-state index contributed by atoms with van der Waals surface area (Å²) in [5.41, 5.74) is 3.39. The van der Waals surface area contributed by atoms with Crippen molar-refractivity contribution in [3.8, 4) is 0 Å². The Kier molecular flexibility index (Phi) is 11.5. The van der Waals surface area contributed by atoms with Gasteiger partial charge in [-0.15, -0.1) is 5.10 Å². The van der Waals surface area contributed by atoms with Crippen molar-refractivity contribution in [1.29, 1.82) is 0 Å². The third kappa shape index (κ3) is 9.06. The van der Waals surface area contributed by atoms with E-state index < -0.39 is 6.10 Å². The molecule has 3 rings (SSSR count). The lowest BCUT2D eigenvalue weighted by atomic mass is 9.84. The molecule has 0 spiro atoms. The maximum absolute atomic E-state index is 12.3. The fourth-order valence-electron chi connectivity index (χ4n) is 5.00. The Labute approximate surface area is 223 Å². The van der Waals surface area contributed by atoms with Crippen LogP contribution in [0.1, 0.15) is 111 Å². The van der Waals surface area contributed by atoms with Crippen molar-refractivity contribution in [2.24, 2.45) is 11.3 Å². The molecular weight excluding hydrogens is 464 g/mol. The summed E-state index contributed by atoms with van der Waals surface area (Å²) in [6.07, 6.45) is 14.2. The summed E-state index contributed by atoms with van der Waals surface area (Å²) < 4.78 is 1.73. The molecule has 2 fully saturated rings. The van der Waals surface area contributed by atoms with E-state index in [1.807, 2.05) is 33.0 Å². The van der Waals surface area contributed by atoms with E-state index in [2.05, 4.69) is 49.1 Å². The molecule has 1 aromatic heterocycles. The lowest BCUT2D eigenvalue weighted by molar-refractivity contribution is -0.126. The van der Waals surface area contributed by atoms with Crippen molar-refractivity contribution in [3.05, 3.63) is 47.8 Å². The van der Waals surface area contributed by atoms with Crippen LogP contribution in [0, 0.1) is 11.3 Å². The van der Waals surface area contributed by atoms with Crippen LogP contribution in [0.15, 0.2) is 42.2 Å². The van der Waals surface area contributed by atoms with E-state index in [0.29, 0.717) is 18.8 Å². The standard InChI is InChI=1S/C18H29NO2.C12H19N3O/c1-5-9-16-14(6-2)10-8-11-17(16)19-18(21)13(4)12-15(20)7-3;1-8(16)11(12(2,3)4)15-7-10(13-14-15)9-5-6-9/h5-6,9,13,15,17,20H,1,7-8,10-12H2,2-4H3,(H,19,21);7,9,11H,5-6H2,1-4H3/b14-6-,16-9+;. The summed E-state index contributed by atoms with van der Waals surface area (Å²) in [6, 6.07) is -0.149. The molecule has 206 valence electrons. The van der Waals surface area contributed by atoms with Gasteiger partial charge in [-0.05, 0) is 75.4 Å². The third-order valence-corrected chi connectivity index (χ3v) is 7.19. The van der Waals surface area contributed by atoms with Gasteiger partial charge in [0.2, 0.25) is 5.91 Å². The van der Waals surface area contributed by atoms with Crippen LogP contribution < -0.4 is 5.32 Å². The number of aliphatic hydroxyl groups is 1. The number of aromatic nitrogens is 3. The topological polar surface area (TPSA) is 97.1 Å². The van der Waals surface area contributed by atoms with E-state index in [1.165, 1.54) is 24.0 Å². The van der Waals surface area contributed by atoms with Gasteiger partial charge in [-0.2, -0.15) is 0 Å². The quantitative estimate of drug-likeness (QED) is 0.433. The Morgan fingerprint density at radius 2 is 1.97 bits per heavy atom. The minimum absolute atomic E-state index is 0.0276. The van der Waals surface area contributed by atoms with Crippen LogP contribution in [0.25, 0.3) is 0 Å². The summed E-state index contributed by atoms with van der Waals surface area (Å²) in [5.74, 6) is 0.585. The number of nitrogens with zero attached hydrogens (tertiary/aromatic N) is 3. The van der Waals surface area contributed by atoms with Crippen LogP contribution in [0.4, 0.5) is 0 Å². The van der Waals surface area contributed by atoms with E-state index in [9.17, 15) is 14.7 Å². The van der Waals surface area contributed by atoms with Crippen molar-refractivity contribution in [1.82, 2.24) is 20.3 Å². The second kappa shape index (κ2) is 13.8. The molecule has 7 heteroatoms. The number of carbonyl (C=O) groups is 2. The van der Waals surface area contributed by atoms with Gasteiger partial charge in [0.1, 0.15) is 6.04 Å². The van der Waals surface area contributed by atoms with E-state index in [-0.39, 0.29) is 35.1 Å². The van der Waals surface area contributed by atoms with Crippen LogP contribution in [0.5, 0.6) is 0 Å². The third-order valence-electron chi connectivity index (χ3n) is 7.19. The Morgan fingerprint density at radius 1 is 1.30 bits per heavy atom. The molecule has 4 atom stereocenters. The molecule has 1 aromatic rings. The highest BCUT2D eigenvalue weighted by Gasteiger charge is 2.33. The first-order valence-electron chi connectivity index (χ1n) is 13.8. The Bertz CT molecular complexity index is 981. The molecule has 7 nitrogen and oxygen atoms in total. The van der Waals surface area contributed by atoms with Crippen LogP contribution in [0.2, 0.25) is 0 Å². The molecule has 0 saturated heterocycles. The predicted octanol–water partition coefficient (Wildman–Crippen LogP) is 5.84. The van der Waals surface area contributed by atoms with Gasteiger partial charge < -0.3 is 10.4 Å². The summed E-state index contributed by atoms with van der Waals surface area (Å²) in [7, 11) is 0. The zero-order valence-electron chi connectivity index (χ0n) is 24.0. The molecule has 1 amide bonds. The van der Waals surface area contributed by atoms with E-state index in [1.54, 1.807) is 17.7 Å². The maximum atomic E-state index is 12.3. The van der Waals surface area contributed by atoms with Gasteiger partial charge >= 0.3 is 0 Å². The van der Waals surface area contributed by atoms with Gasteiger partial charge in [0.15, 0.2) is 5.78 Å². The molecule has 4 unspecified atom stereocenters. The molecule has 0 bridgehead atoms. The Morgan fingerprint density at radius 3 is 2.49 bits per heavy atom. The monoisotopic (exact) mass is 512 g/mol. The first-order valence-corrected chi connectivity index (χ1v) is 13.8. The number of allylic oxidation sites excluding steroid dienone is 3. The maximum Gasteiger partial charge on any atom is 0.223 e. The summed E-state index contributed by atoms with van der Waals surface area (Å²) >= 11 is 0. The largest absolute Gasteiger partial charge is 0.393 e. The number of ketones is 1. The first-order chi connectivity index (χ1) is 17.4. The smallest absolute Gasteiger partial charge is 0.223 e.